The molecule has 19 heavy (non-hydrogen) atoms. The van der Waals surface area contributed by atoms with E-state index in [-0.39, 0.29) is 0 Å². The number of rotatable bonds is 5. The first-order valence-corrected chi connectivity index (χ1v) is 8.14. The largest absolute Gasteiger partial charge is 0.493 e. The van der Waals surface area contributed by atoms with E-state index >= 15 is 0 Å². The monoisotopic (exact) mass is 382 g/mol. The fourth-order valence-corrected chi connectivity index (χ4v) is 3.06. The first kappa shape index (κ1) is 14.6. The lowest BCUT2D eigenvalue weighted by atomic mass is 10.1. The highest BCUT2D eigenvalue weighted by Gasteiger charge is 2.08. The van der Waals surface area contributed by atoms with Gasteiger partial charge < -0.3 is 4.74 Å². The molecule has 0 aliphatic carbocycles. The summed E-state index contributed by atoms with van der Waals surface area (Å²) in [6.07, 6.45) is 0.929. The van der Waals surface area contributed by atoms with E-state index in [1.165, 1.54) is 11.1 Å². The Kier molecular flexibility index (Phi) is 5.46. The van der Waals surface area contributed by atoms with Crippen molar-refractivity contribution in [3.8, 4) is 5.75 Å². The van der Waals surface area contributed by atoms with Gasteiger partial charge in [0.05, 0.1) is 6.61 Å². The van der Waals surface area contributed by atoms with E-state index in [1.54, 1.807) is 0 Å². The minimum Gasteiger partial charge on any atom is -0.493 e. The van der Waals surface area contributed by atoms with Crippen LogP contribution in [0.25, 0.3) is 0 Å². The molecule has 0 saturated heterocycles. The fraction of sp³-hybridized carbons (Fsp3) is 0.250. The average molecular weight is 384 g/mol. The summed E-state index contributed by atoms with van der Waals surface area (Å²) in [6, 6.07) is 14.6. The van der Waals surface area contributed by atoms with Gasteiger partial charge in [-0.15, -0.1) is 0 Å². The summed E-state index contributed by atoms with van der Waals surface area (Å²) >= 11 is 7.03. The zero-order chi connectivity index (χ0) is 13.7. The van der Waals surface area contributed by atoms with Gasteiger partial charge >= 0.3 is 0 Å². The van der Waals surface area contributed by atoms with Gasteiger partial charge in [-0.05, 0) is 30.2 Å². The van der Waals surface area contributed by atoms with Crippen LogP contribution in [0.1, 0.15) is 16.7 Å². The summed E-state index contributed by atoms with van der Waals surface area (Å²) < 4.78 is 7.06. The van der Waals surface area contributed by atoms with Crippen LogP contribution in [0.15, 0.2) is 46.9 Å². The molecule has 0 aliphatic rings. The predicted molar refractivity (Wildman–Crippen MR) is 87.2 cm³/mol. The molecule has 0 fully saturated rings. The van der Waals surface area contributed by atoms with Crippen LogP contribution in [0, 0.1) is 6.92 Å². The Labute approximate surface area is 131 Å². The first-order valence-electron chi connectivity index (χ1n) is 6.22. The van der Waals surface area contributed by atoms with E-state index in [0.29, 0.717) is 6.61 Å². The number of benzene rings is 2. The number of hydrogen-bond donors (Lipinski definition) is 0. The molecule has 0 heterocycles. The Morgan fingerprint density at radius 2 is 1.84 bits per heavy atom. The van der Waals surface area contributed by atoms with E-state index in [9.17, 15) is 0 Å². The van der Waals surface area contributed by atoms with Crippen molar-refractivity contribution in [1.29, 1.82) is 0 Å². The maximum atomic E-state index is 5.97. The first-order chi connectivity index (χ1) is 9.20. The number of hydrogen-bond acceptors (Lipinski definition) is 1. The van der Waals surface area contributed by atoms with Gasteiger partial charge in [0.15, 0.2) is 0 Å². The number of halogens is 2. The summed E-state index contributed by atoms with van der Waals surface area (Å²) in [7, 11) is 0. The quantitative estimate of drug-likeness (QED) is 0.638. The van der Waals surface area contributed by atoms with Gasteiger partial charge in [-0.25, -0.2) is 0 Å². The number of aryl methyl sites for hydroxylation is 1. The maximum absolute atomic E-state index is 5.97. The molecule has 0 N–H and O–H groups in total. The van der Waals surface area contributed by atoms with Crippen LogP contribution in [-0.2, 0) is 11.8 Å². The van der Waals surface area contributed by atoms with E-state index in [0.717, 1.165) is 27.5 Å². The molecule has 0 atom stereocenters. The second kappa shape index (κ2) is 7.11. The molecule has 0 unspecified atom stereocenters. The van der Waals surface area contributed by atoms with Crippen molar-refractivity contribution < 1.29 is 4.74 Å². The summed E-state index contributed by atoms with van der Waals surface area (Å²) in [5, 5.41) is 0.800. The summed E-state index contributed by atoms with van der Waals surface area (Å²) in [4.78, 5) is 0. The SMILES string of the molecule is Cc1cc(Br)cc(CBr)c1OCCc1ccccc1. The normalized spacial score (nSPS) is 10.5. The second-order valence-corrected chi connectivity index (χ2v) is 5.91. The van der Waals surface area contributed by atoms with Crippen molar-refractivity contribution in [1.82, 2.24) is 0 Å². The molecule has 3 heteroatoms. The Bertz CT molecular complexity index is 538. The lowest BCUT2D eigenvalue weighted by Crippen LogP contribution is -2.04. The standard InChI is InChI=1S/C16H16Br2O/c1-12-9-15(18)10-14(11-17)16(12)19-8-7-13-5-3-2-4-6-13/h2-6,9-10H,7-8,11H2,1H3. The molecule has 2 aromatic rings. The lowest BCUT2D eigenvalue weighted by Gasteiger charge is -2.13. The van der Waals surface area contributed by atoms with Crippen LogP contribution in [-0.4, -0.2) is 6.61 Å². The number of ether oxygens (including phenoxy) is 1. The van der Waals surface area contributed by atoms with Gasteiger partial charge in [0.2, 0.25) is 0 Å². The molecule has 2 aromatic carbocycles. The molecular weight excluding hydrogens is 368 g/mol. The molecule has 0 aromatic heterocycles. The van der Waals surface area contributed by atoms with Crippen molar-refractivity contribution in [2.45, 2.75) is 18.7 Å². The smallest absolute Gasteiger partial charge is 0.126 e. The van der Waals surface area contributed by atoms with Gasteiger partial charge in [-0.1, -0.05) is 62.2 Å². The highest BCUT2D eigenvalue weighted by atomic mass is 79.9. The molecular formula is C16H16Br2O. The highest BCUT2D eigenvalue weighted by molar-refractivity contribution is 9.10. The third-order valence-corrected chi connectivity index (χ3v) is 4.00. The van der Waals surface area contributed by atoms with Gasteiger partial charge in [0, 0.05) is 21.8 Å². The van der Waals surface area contributed by atoms with Gasteiger partial charge in [0.25, 0.3) is 0 Å². The third kappa shape index (κ3) is 4.08. The zero-order valence-electron chi connectivity index (χ0n) is 10.8. The van der Waals surface area contributed by atoms with Crippen molar-refractivity contribution in [2.24, 2.45) is 0 Å². The summed E-state index contributed by atoms with van der Waals surface area (Å²) in [6.45, 7) is 2.78. The zero-order valence-corrected chi connectivity index (χ0v) is 14.0. The van der Waals surface area contributed by atoms with Crippen molar-refractivity contribution in [2.75, 3.05) is 6.61 Å². The topological polar surface area (TPSA) is 9.23 Å². The van der Waals surface area contributed by atoms with Gasteiger partial charge in [-0.2, -0.15) is 0 Å². The van der Waals surface area contributed by atoms with Gasteiger partial charge in [0.1, 0.15) is 5.75 Å². The van der Waals surface area contributed by atoms with Crippen LogP contribution in [0.5, 0.6) is 5.75 Å². The Morgan fingerprint density at radius 1 is 1.11 bits per heavy atom. The molecule has 0 amide bonds. The molecule has 0 saturated carbocycles. The van der Waals surface area contributed by atoms with Crippen LogP contribution >= 0.6 is 31.9 Å². The van der Waals surface area contributed by atoms with Crippen LogP contribution in [0.2, 0.25) is 0 Å². The molecule has 2 rings (SSSR count). The van der Waals surface area contributed by atoms with Crippen molar-refractivity contribution in [3.05, 3.63) is 63.6 Å². The minimum absolute atomic E-state index is 0.701. The third-order valence-electron chi connectivity index (χ3n) is 2.94. The highest BCUT2D eigenvalue weighted by Crippen LogP contribution is 2.29. The molecule has 0 bridgehead atoms. The molecule has 1 nitrogen and oxygen atoms in total. The predicted octanol–water partition coefficient (Wildman–Crippen LogP) is 5.27. The van der Waals surface area contributed by atoms with Gasteiger partial charge in [-0.3, -0.25) is 0 Å². The second-order valence-electron chi connectivity index (χ2n) is 4.43. The van der Waals surface area contributed by atoms with E-state index < -0.39 is 0 Å². The molecule has 100 valence electrons. The Morgan fingerprint density at radius 3 is 2.53 bits per heavy atom. The molecule has 0 aliphatic heterocycles. The van der Waals surface area contributed by atoms with Crippen LogP contribution < -0.4 is 4.74 Å². The summed E-state index contributed by atoms with van der Waals surface area (Å²) in [5.41, 5.74) is 3.65. The fourth-order valence-electron chi connectivity index (χ4n) is 2.02. The molecule has 0 spiro atoms. The van der Waals surface area contributed by atoms with E-state index in [1.807, 2.05) is 6.07 Å². The maximum Gasteiger partial charge on any atom is 0.126 e. The van der Waals surface area contributed by atoms with Crippen molar-refractivity contribution in [3.63, 3.8) is 0 Å². The lowest BCUT2D eigenvalue weighted by molar-refractivity contribution is 0.317. The number of alkyl halides is 1. The van der Waals surface area contributed by atoms with Crippen LogP contribution in [0.4, 0.5) is 0 Å². The van der Waals surface area contributed by atoms with Crippen molar-refractivity contribution >= 4 is 31.9 Å². The van der Waals surface area contributed by atoms with E-state index in [2.05, 4.69) is 75.2 Å². The molecule has 0 radical (unpaired) electrons. The Balaban J connectivity index is 2.03. The Hall–Kier alpha value is -0.800. The summed E-state index contributed by atoms with van der Waals surface area (Å²) in [5.74, 6) is 0.996. The van der Waals surface area contributed by atoms with Crippen LogP contribution in [0.3, 0.4) is 0 Å². The van der Waals surface area contributed by atoms with E-state index in [4.69, 9.17) is 4.74 Å². The minimum atomic E-state index is 0.701. The average Bonchev–Trinajstić information content (AvgIpc) is 2.42.